The van der Waals surface area contributed by atoms with Crippen molar-refractivity contribution in [2.45, 2.75) is 77.9 Å². The normalized spacial score (nSPS) is 44.1. The molecule has 0 spiro atoms. The summed E-state index contributed by atoms with van der Waals surface area (Å²) in [4.78, 5) is 13.5. The number of methoxy groups -OCH3 is 1. The van der Waals surface area contributed by atoms with E-state index in [2.05, 4.69) is 25.0 Å². The Hall–Kier alpha value is -1.67. The Bertz CT molecular complexity index is 872. The first-order chi connectivity index (χ1) is 14.9. The number of Topliss-reactive ketones (excluding diaryl/α,β-unsaturated/α-hetero) is 1. The number of aromatic nitrogens is 2. The fourth-order valence-electron chi connectivity index (χ4n) is 8.64. The molecule has 31 heavy (non-hydrogen) atoms. The van der Waals surface area contributed by atoms with E-state index in [0.717, 1.165) is 36.5 Å². The predicted molar refractivity (Wildman–Crippen MR) is 118 cm³/mol. The van der Waals surface area contributed by atoms with Crippen molar-refractivity contribution in [3.8, 4) is 6.07 Å². The molecule has 168 valence electrons. The lowest BCUT2D eigenvalue weighted by Crippen LogP contribution is -2.51. The van der Waals surface area contributed by atoms with Gasteiger partial charge in [0.15, 0.2) is 5.78 Å². The maximum atomic E-state index is 13.5. The van der Waals surface area contributed by atoms with Gasteiger partial charge < -0.3 is 4.74 Å². The van der Waals surface area contributed by atoms with E-state index in [1.165, 1.54) is 38.5 Å². The van der Waals surface area contributed by atoms with Crippen LogP contribution in [0.1, 0.15) is 70.8 Å². The summed E-state index contributed by atoms with van der Waals surface area (Å²) in [5.74, 6) is 5.07. The van der Waals surface area contributed by atoms with Crippen LogP contribution in [0.15, 0.2) is 12.4 Å². The number of carbonyl (C=O) groups is 1. The highest BCUT2D eigenvalue weighted by atomic mass is 16.5. The molecule has 4 fully saturated rings. The molecule has 2 unspecified atom stereocenters. The number of carbonyl (C=O) groups excluding carboxylic acids is 1. The largest absolute Gasteiger partial charge is 0.381 e. The first-order valence-electron chi connectivity index (χ1n) is 12.4. The van der Waals surface area contributed by atoms with Gasteiger partial charge in [-0.05, 0) is 85.9 Å². The van der Waals surface area contributed by atoms with E-state index >= 15 is 0 Å². The molecule has 0 bridgehead atoms. The standard InChI is InChI=1S/C26H37N3O2/c1-16-4-6-19-18(10-16)5-7-21-20(19)8-9-26(2)22(11-24(31-3)25(21)26)23(30)15-29-14-17(12-27)13-28-29/h13-14,16,18-22,24-25H,4-11,15H2,1-3H3/t16-,18+,19-,20+,21+,22+,24?,25?,26+/m0/s1. The van der Waals surface area contributed by atoms with E-state index < -0.39 is 0 Å². The van der Waals surface area contributed by atoms with Crippen LogP contribution in [0.5, 0.6) is 0 Å². The van der Waals surface area contributed by atoms with Crippen molar-refractivity contribution >= 4 is 5.78 Å². The summed E-state index contributed by atoms with van der Waals surface area (Å²) in [6.45, 7) is 5.09. The number of ether oxygens (including phenoxy) is 1. The van der Waals surface area contributed by atoms with Gasteiger partial charge in [0.05, 0.1) is 24.4 Å². The molecule has 0 radical (unpaired) electrons. The van der Waals surface area contributed by atoms with Crippen LogP contribution in [0, 0.1) is 58.2 Å². The molecule has 1 aromatic heterocycles. The number of rotatable bonds is 4. The Morgan fingerprint density at radius 1 is 1.23 bits per heavy atom. The third-order valence-electron chi connectivity index (χ3n) is 9.95. The number of fused-ring (bicyclic) bond motifs is 5. The van der Waals surface area contributed by atoms with Crippen molar-refractivity contribution < 1.29 is 9.53 Å². The van der Waals surface area contributed by atoms with Gasteiger partial charge in [-0.2, -0.15) is 10.4 Å². The first kappa shape index (κ1) is 21.2. The van der Waals surface area contributed by atoms with Crippen molar-refractivity contribution in [1.29, 1.82) is 5.26 Å². The molecule has 5 nitrogen and oxygen atoms in total. The van der Waals surface area contributed by atoms with Crippen LogP contribution in [0.2, 0.25) is 0 Å². The number of ketones is 1. The minimum Gasteiger partial charge on any atom is -0.381 e. The van der Waals surface area contributed by atoms with Gasteiger partial charge in [-0.1, -0.05) is 20.3 Å². The smallest absolute Gasteiger partial charge is 0.157 e. The van der Waals surface area contributed by atoms with Crippen molar-refractivity contribution in [3.63, 3.8) is 0 Å². The average Bonchev–Trinajstić information content (AvgIpc) is 3.34. The average molecular weight is 424 g/mol. The molecule has 4 saturated carbocycles. The lowest BCUT2D eigenvalue weighted by molar-refractivity contribution is -0.132. The number of hydrogen-bond donors (Lipinski definition) is 0. The summed E-state index contributed by atoms with van der Waals surface area (Å²) < 4.78 is 7.72. The quantitative estimate of drug-likeness (QED) is 0.694. The molecule has 4 aliphatic carbocycles. The van der Waals surface area contributed by atoms with E-state index in [1.807, 2.05) is 7.11 Å². The van der Waals surface area contributed by atoms with Crippen LogP contribution >= 0.6 is 0 Å². The molecule has 4 aliphatic rings. The van der Waals surface area contributed by atoms with E-state index in [0.29, 0.717) is 17.4 Å². The Morgan fingerprint density at radius 2 is 2.03 bits per heavy atom. The predicted octanol–water partition coefficient (Wildman–Crippen LogP) is 4.85. The van der Waals surface area contributed by atoms with E-state index in [1.54, 1.807) is 17.1 Å². The summed E-state index contributed by atoms with van der Waals surface area (Å²) in [6.07, 6.45) is 13.6. The molecule has 0 N–H and O–H groups in total. The monoisotopic (exact) mass is 423 g/mol. The third kappa shape index (κ3) is 3.46. The summed E-state index contributed by atoms with van der Waals surface area (Å²) in [5.41, 5.74) is 0.538. The zero-order valence-electron chi connectivity index (χ0n) is 19.3. The summed E-state index contributed by atoms with van der Waals surface area (Å²) in [7, 11) is 1.85. The Labute approximate surface area is 186 Å². The van der Waals surface area contributed by atoms with Gasteiger partial charge in [0.1, 0.15) is 6.07 Å². The van der Waals surface area contributed by atoms with Gasteiger partial charge in [0.2, 0.25) is 0 Å². The van der Waals surface area contributed by atoms with Crippen molar-refractivity contribution in [1.82, 2.24) is 9.78 Å². The summed E-state index contributed by atoms with van der Waals surface area (Å²) in [5, 5.41) is 13.3. The zero-order valence-corrected chi connectivity index (χ0v) is 19.3. The molecule has 1 aromatic rings. The highest BCUT2D eigenvalue weighted by Gasteiger charge is 2.62. The number of hydrogen-bond acceptors (Lipinski definition) is 4. The Kier molecular flexibility index (Phi) is 5.49. The van der Waals surface area contributed by atoms with Gasteiger partial charge in [-0.15, -0.1) is 0 Å². The van der Waals surface area contributed by atoms with Crippen LogP contribution in [-0.4, -0.2) is 28.8 Å². The molecule has 9 atom stereocenters. The fraction of sp³-hybridized carbons (Fsp3) is 0.808. The van der Waals surface area contributed by atoms with Crippen LogP contribution in [0.25, 0.3) is 0 Å². The second-order valence-electron chi connectivity index (χ2n) is 11.4. The van der Waals surface area contributed by atoms with Crippen molar-refractivity contribution in [3.05, 3.63) is 18.0 Å². The van der Waals surface area contributed by atoms with Crippen LogP contribution in [0.3, 0.4) is 0 Å². The first-order valence-corrected chi connectivity index (χ1v) is 12.4. The van der Waals surface area contributed by atoms with Gasteiger partial charge in [0, 0.05) is 19.2 Å². The molecular formula is C26H37N3O2. The van der Waals surface area contributed by atoms with Crippen LogP contribution in [-0.2, 0) is 16.1 Å². The van der Waals surface area contributed by atoms with E-state index in [4.69, 9.17) is 10.00 Å². The van der Waals surface area contributed by atoms with Crippen molar-refractivity contribution in [2.75, 3.05) is 7.11 Å². The Balaban J connectivity index is 1.37. The molecule has 5 heteroatoms. The highest BCUT2D eigenvalue weighted by molar-refractivity contribution is 5.82. The second kappa shape index (κ2) is 8.03. The van der Waals surface area contributed by atoms with Gasteiger partial charge in [-0.3, -0.25) is 9.48 Å². The summed E-state index contributed by atoms with van der Waals surface area (Å²) in [6, 6.07) is 2.10. The minimum absolute atomic E-state index is 0.0267. The number of nitrogens with zero attached hydrogens (tertiary/aromatic N) is 3. The van der Waals surface area contributed by atoms with Crippen molar-refractivity contribution in [2.24, 2.45) is 46.8 Å². The van der Waals surface area contributed by atoms with Gasteiger partial charge in [0.25, 0.3) is 0 Å². The van der Waals surface area contributed by atoms with E-state index in [9.17, 15) is 4.79 Å². The third-order valence-corrected chi connectivity index (χ3v) is 9.95. The molecule has 0 amide bonds. The van der Waals surface area contributed by atoms with E-state index in [-0.39, 0.29) is 29.8 Å². The van der Waals surface area contributed by atoms with Gasteiger partial charge in [-0.25, -0.2) is 0 Å². The lowest BCUT2D eigenvalue weighted by atomic mass is 9.49. The molecular weight excluding hydrogens is 386 g/mol. The minimum atomic E-state index is 0.0267. The van der Waals surface area contributed by atoms with Crippen LogP contribution in [0.4, 0.5) is 0 Å². The topological polar surface area (TPSA) is 67.9 Å². The molecule has 1 heterocycles. The molecule has 5 rings (SSSR count). The highest BCUT2D eigenvalue weighted by Crippen LogP contribution is 2.65. The molecule has 0 saturated heterocycles. The lowest BCUT2D eigenvalue weighted by Gasteiger charge is -2.56. The summed E-state index contributed by atoms with van der Waals surface area (Å²) >= 11 is 0. The zero-order chi connectivity index (χ0) is 21.8. The molecule has 0 aliphatic heterocycles. The SMILES string of the molecule is COC1C[C@H](C(=O)Cn2cc(C#N)cn2)[C@@]2(C)CC[C@@H]3[C@H]4CC[C@H](C)C[C@H]4CC[C@H]3C12. The number of nitriles is 1. The van der Waals surface area contributed by atoms with Crippen LogP contribution < -0.4 is 0 Å². The maximum absolute atomic E-state index is 13.5. The maximum Gasteiger partial charge on any atom is 0.157 e. The fourth-order valence-corrected chi connectivity index (χ4v) is 8.64. The Morgan fingerprint density at radius 3 is 2.77 bits per heavy atom. The van der Waals surface area contributed by atoms with Gasteiger partial charge >= 0.3 is 0 Å². The molecule has 0 aromatic carbocycles. The second-order valence-corrected chi connectivity index (χ2v) is 11.4.